The highest BCUT2D eigenvalue weighted by Gasteiger charge is 2.22. The third kappa shape index (κ3) is 3.32. The largest absolute Gasteiger partial charge is 0.314 e. The van der Waals surface area contributed by atoms with Crippen molar-refractivity contribution in [2.45, 2.75) is 13.0 Å². The number of hydrogen-bond donors (Lipinski definition) is 1. The third-order valence-corrected chi connectivity index (χ3v) is 3.45. The molecule has 0 radical (unpaired) electrons. The highest BCUT2D eigenvalue weighted by Crippen LogP contribution is 2.29. The van der Waals surface area contributed by atoms with Crippen LogP contribution in [0, 0.1) is 5.82 Å². The molecule has 17 heavy (non-hydrogen) atoms. The molecule has 1 aromatic rings. The average Bonchev–Trinajstić information content (AvgIpc) is 2.30. The van der Waals surface area contributed by atoms with Gasteiger partial charge in [-0.05, 0) is 19.1 Å². The molecule has 0 bridgehead atoms. The lowest BCUT2D eigenvalue weighted by Crippen LogP contribution is -2.44. The Morgan fingerprint density at radius 3 is 2.59 bits per heavy atom. The topological polar surface area (TPSA) is 15.3 Å². The van der Waals surface area contributed by atoms with E-state index in [0.29, 0.717) is 10.6 Å². The summed E-state index contributed by atoms with van der Waals surface area (Å²) in [7, 11) is 0. The smallest absolute Gasteiger partial charge is 0.129 e. The van der Waals surface area contributed by atoms with Crippen LogP contribution in [-0.4, -0.2) is 31.1 Å². The van der Waals surface area contributed by atoms with Gasteiger partial charge in [0.25, 0.3) is 0 Å². The van der Waals surface area contributed by atoms with Crippen LogP contribution >= 0.6 is 24.0 Å². The van der Waals surface area contributed by atoms with Gasteiger partial charge in [-0.2, -0.15) is 0 Å². The van der Waals surface area contributed by atoms with Gasteiger partial charge >= 0.3 is 0 Å². The Hall–Kier alpha value is -0.350. The summed E-state index contributed by atoms with van der Waals surface area (Å²) in [5.74, 6) is -0.210. The van der Waals surface area contributed by atoms with Gasteiger partial charge in [-0.25, -0.2) is 4.39 Å². The fourth-order valence-electron chi connectivity index (χ4n) is 2.16. The van der Waals surface area contributed by atoms with E-state index in [1.165, 1.54) is 6.07 Å². The number of halogens is 3. The van der Waals surface area contributed by atoms with E-state index in [1.54, 1.807) is 12.1 Å². The minimum atomic E-state index is -0.210. The second kappa shape index (κ2) is 6.55. The van der Waals surface area contributed by atoms with Crippen molar-refractivity contribution in [1.82, 2.24) is 10.2 Å². The number of piperazine rings is 1. The van der Waals surface area contributed by atoms with E-state index in [-0.39, 0.29) is 24.3 Å². The molecule has 1 aromatic carbocycles. The van der Waals surface area contributed by atoms with Crippen LogP contribution in [0.5, 0.6) is 0 Å². The molecule has 0 aromatic heterocycles. The second-order valence-corrected chi connectivity index (χ2v) is 4.50. The Morgan fingerprint density at radius 2 is 2.00 bits per heavy atom. The minimum Gasteiger partial charge on any atom is -0.314 e. The molecule has 0 unspecified atom stereocenters. The van der Waals surface area contributed by atoms with E-state index in [9.17, 15) is 4.39 Å². The molecule has 1 atom stereocenters. The zero-order valence-corrected chi connectivity index (χ0v) is 11.3. The molecule has 96 valence electrons. The number of rotatable bonds is 2. The monoisotopic (exact) mass is 278 g/mol. The lowest BCUT2D eigenvalue weighted by atomic mass is 10.1. The van der Waals surface area contributed by atoms with E-state index in [0.717, 1.165) is 26.2 Å². The maximum absolute atomic E-state index is 13.7. The molecule has 1 N–H and O–H groups in total. The quantitative estimate of drug-likeness (QED) is 0.895. The molecule has 2 nitrogen and oxygen atoms in total. The summed E-state index contributed by atoms with van der Waals surface area (Å²) >= 11 is 6.06. The Labute approximate surface area is 113 Å². The van der Waals surface area contributed by atoms with Crippen molar-refractivity contribution in [3.05, 3.63) is 34.6 Å². The first-order valence-electron chi connectivity index (χ1n) is 5.59. The summed E-state index contributed by atoms with van der Waals surface area (Å²) in [5, 5.41) is 3.80. The van der Waals surface area contributed by atoms with Crippen molar-refractivity contribution in [2.75, 3.05) is 26.2 Å². The third-order valence-electron chi connectivity index (χ3n) is 3.12. The Bertz CT molecular complexity index is 347. The van der Waals surface area contributed by atoms with Crippen LogP contribution in [0.15, 0.2) is 18.2 Å². The van der Waals surface area contributed by atoms with Gasteiger partial charge < -0.3 is 5.32 Å². The SMILES string of the molecule is C[C@@H](c1c(F)cccc1Cl)N1CCNCC1.Cl. The number of nitrogens with one attached hydrogen (secondary N) is 1. The molecule has 0 saturated carbocycles. The van der Waals surface area contributed by atoms with Crippen LogP contribution in [0.2, 0.25) is 5.02 Å². The molecular formula is C12H17Cl2FN2. The van der Waals surface area contributed by atoms with Crippen LogP contribution in [0.1, 0.15) is 18.5 Å². The molecule has 0 amide bonds. The molecule has 1 heterocycles. The molecule has 5 heteroatoms. The fourth-order valence-corrected chi connectivity index (χ4v) is 2.48. The van der Waals surface area contributed by atoms with Crippen molar-refractivity contribution in [3.63, 3.8) is 0 Å². The van der Waals surface area contributed by atoms with Crippen LogP contribution in [0.25, 0.3) is 0 Å². The first kappa shape index (κ1) is 14.7. The highest BCUT2D eigenvalue weighted by molar-refractivity contribution is 6.31. The zero-order valence-electron chi connectivity index (χ0n) is 9.75. The first-order valence-corrected chi connectivity index (χ1v) is 5.96. The van der Waals surface area contributed by atoms with E-state index < -0.39 is 0 Å². The van der Waals surface area contributed by atoms with Gasteiger partial charge in [0.2, 0.25) is 0 Å². The average molecular weight is 279 g/mol. The van der Waals surface area contributed by atoms with Crippen LogP contribution in [-0.2, 0) is 0 Å². The predicted octanol–water partition coefficient (Wildman–Crippen LogP) is 2.87. The fraction of sp³-hybridized carbons (Fsp3) is 0.500. The number of benzene rings is 1. The van der Waals surface area contributed by atoms with E-state index in [4.69, 9.17) is 11.6 Å². The maximum atomic E-state index is 13.7. The normalized spacial score (nSPS) is 18.5. The summed E-state index contributed by atoms with van der Waals surface area (Å²) in [5.41, 5.74) is 0.617. The van der Waals surface area contributed by atoms with Gasteiger partial charge in [0.05, 0.1) is 0 Å². The first-order chi connectivity index (χ1) is 7.70. The second-order valence-electron chi connectivity index (χ2n) is 4.10. The Kier molecular flexibility index (Phi) is 5.67. The van der Waals surface area contributed by atoms with Crippen molar-refractivity contribution in [2.24, 2.45) is 0 Å². The molecule has 2 rings (SSSR count). The number of nitrogens with zero attached hydrogens (tertiary/aromatic N) is 1. The van der Waals surface area contributed by atoms with E-state index in [1.807, 2.05) is 6.92 Å². The van der Waals surface area contributed by atoms with Crippen molar-refractivity contribution < 1.29 is 4.39 Å². The van der Waals surface area contributed by atoms with Gasteiger partial charge in [-0.3, -0.25) is 4.90 Å². The van der Waals surface area contributed by atoms with Gasteiger partial charge in [-0.15, -0.1) is 12.4 Å². The Balaban J connectivity index is 0.00000144. The van der Waals surface area contributed by atoms with Gasteiger partial charge in [0.1, 0.15) is 5.82 Å². The summed E-state index contributed by atoms with van der Waals surface area (Å²) in [6.45, 7) is 5.79. The van der Waals surface area contributed by atoms with Crippen molar-refractivity contribution >= 4 is 24.0 Å². The lowest BCUT2D eigenvalue weighted by molar-refractivity contribution is 0.182. The molecular weight excluding hydrogens is 262 g/mol. The summed E-state index contributed by atoms with van der Waals surface area (Å²) in [6.07, 6.45) is 0. The Morgan fingerprint density at radius 1 is 1.35 bits per heavy atom. The lowest BCUT2D eigenvalue weighted by Gasteiger charge is -2.33. The standard InChI is InChI=1S/C12H16ClFN2.ClH/c1-9(16-7-5-15-6-8-16)12-10(13)3-2-4-11(12)14;/h2-4,9,15H,5-8H2,1H3;1H/t9-;/m0./s1. The highest BCUT2D eigenvalue weighted by atomic mass is 35.5. The molecule has 0 aliphatic carbocycles. The zero-order chi connectivity index (χ0) is 11.5. The van der Waals surface area contributed by atoms with Crippen LogP contribution < -0.4 is 5.32 Å². The van der Waals surface area contributed by atoms with Gasteiger partial charge in [0.15, 0.2) is 0 Å². The summed E-state index contributed by atoms with van der Waals surface area (Å²) in [6, 6.07) is 4.90. The summed E-state index contributed by atoms with van der Waals surface area (Å²) < 4.78 is 13.7. The minimum absolute atomic E-state index is 0. The van der Waals surface area contributed by atoms with Crippen LogP contribution in [0.4, 0.5) is 4.39 Å². The van der Waals surface area contributed by atoms with Gasteiger partial charge in [-0.1, -0.05) is 17.7 Å². The molecule has 1 fully saturated rings. The predicted molar refractivity (Wildman–Crippen MR) is 71.5 cm³/mol. The molecule has 1 aliphatic heterocycles. The summed E-state index contributed by atoms with van der Waals surface area (Å²) in [4.78, 5) is 2.25. The van der Waals surface area contributed by atoms with Crippen LogP contribution in [0.3, 0.4) is 0 Å². The van der Waals surface area contributed by atoms with Crippen molar-refractivity contribution in [3.8, 4) is 0 Å². The molecule has 1 saturated heterocycles. The molecule has 1 aliphatic rings. The van der Waals surface area contributed by atoms with E-state index >= 15 is 0 Å². The van der Waals surface area contributed by atoms with Gasteiger partial charge in [0, 0.05) is 42.8 Å². The van der Waals surface area contributed by atoms with E-state index in [2.05, 4.69) is 10.2 Å². The molecule has 0 spiro atoms. The number of hydrogen-bond acceptors (Lipinski definition) is 2. The van der Waals surface area contributed by atoms with Crippen molar-refractivity contribution in [1.29, 1.82) is 0 Å². The maximum Gasteiger partial charge on any atom is 0.129 e.